The normalized spacial score (nSPS) is 35.8. The van der Waals surface area contributed by atoms with E-state index in [1.165, 1.54) is 0 Å². The molecule has 2 heterocycles. The summed E-state index contributed by atoms with van der Waals surface area (Å²) in [4.78, 5) is 2.45. The van der Waals surface area contributed by atoms with Crippen LogP contribution in [0.5, 0.6) is 0 Å². The fourth-order valence-corrected chi connectivity index (χ4v) is 2.11. The van der Waals surface area contributed by atoms with Crippen LogP contribution in [0.4, 0.5) is 0 Å². The van der Waals surface area contributed by atoms with Crippen molar-refractivity contribution in [1.29, 1.82) is 0 Å². The van der Waals surface area contributed by atoms with E-state index in [0.29, 0.717) is 0 Å². The van der Waals surface area contributed by atoms with E-state index in [9.17, 15) is 0 Å². The standard InChI is InChI=1S/C10H20N2O2/c1-10(9-13-6-7-14-10)8-12-4-2-11-3-5-12/h11H,2-9H2,1H3. The highest BCUT2D eigenvalue weighted by Gasteiger charge is 2.31. The number of nitrogens with one attached hydrogen (secondary N) is 1. The Balaban J connectivity index is 1.81. The average Bonchev–Trinajstić information content (AvgIpc) is 2.19. The highest BCUT2D eigenvalue weighted by atomic mass is 16.6. The minimum atomic E-state index is -0.0877. The zero-order valence-electron chi connectivity index (χ0n) is 8.92. The molecule has 82 valence electrons. The highest BCUT2D eigenvalue weighted by Crippen LogP contribution is 2.17. The molecule has 2 aliphatic heterocycles. The Morgan fingerprint density at radius 1 is 1.29 bits per heavy atom. The Hall–Kier alpha value is -0.160. The number of rotatable bonds is 2. The van der Waals surface area contributed by atoms with Gasteiger partial charge >= 0.3 is 0 Å². The van der Waals surface area contributed by atoms with Gasteiger partial charge in [-0.1, -0.05) is 0 Å². The molecule has 2 rings (SSSR count). The number of ether oxygens (including phenoxy) is 2. The Labute approximate surface area is 85.5 Å². The second-order valence-corrected chi connectivity index (χ2v) is 4.38. The van der Waals surface area contributed by atoms with Crippen molar-refractivity contribution in [2.24, 2.45) is 0 Å². The SMILES string of the molecule is CC1(CN2CCNCC2)COCCO1. The topological polar surface area (TPSA) is 33.7 Å². The zero-order valence-corrected chi connectivity index (χ0v) is 8.92. The maximum absolute atomic E-state index is 5.78. The molecule has 0 bridgehead atoms. The molecule has 0 amide bonds. The van der Waals surface area contributed by atoms with Crippen LogP contribution in [-0.2, 0) is 9.47 Å². The van der Waals surface area contributed by atoms with Gasteiger partial charge in [0.2, 0.25) is 0 Å². The van der Waals surface area contributed by atoms with Gasteiger partial charge in [0.1, 0.15) is 5.60 Å². The third-order valence-corrected chi connectivity index (χ3v) is 2.85. The van der Waals surface area contributed by atoms with Crippen molar-refractivity contribution < 1.29 is 9.47 Å². The van der Waals surface area contributed by atoms with Crippen molar-refractivity contribution >= 4 is 0 Å². The molecule has 0 spiro atoms. The molecule has 0 aromatic rings. The van der Waals surface area contributed by atoms with Gasteiger partial charge in [0.05, 0.1) is 19.8 Å². The summed E-state index contributed by atoms with van der Waals surface area (Å²) in [7, 11) is 0. The number of hydrogen-bond donors (Lipinski definition) is 1. The summed E-state index contributed by atoms with van der Waals surface area (Å²) in [6, 6.07) is 0. The molecule has 2 fully saturated rings. The fraction of sp³-hybridized carbons (Fsp3) is 1.00. The van der Waals surface area contributed by atoms with Crippen LogP contribution >= 0.6 is 0 Å². The van der Waals surface area contributed by atoms with Gasteiger partial charge in [-0.15, -0.1) is 0 Å². The van der Waals surface area contributed by atoms with E-state index in [0.717, 1.165) is 52.5 Å². The molecule has 4 nitrogen and oxygen atoms in total. The summed E-state index contributed by atoms with van der Waals surface area (Å²) in [6.07, 6.45) is 0. The van der Waals surface area contributed by atoms with Gasteiger partial charge in [-0.05, 0) is 6.92 Å². The van der Waals surface area contributed by atoms with Crippen molar-refractivity contribution in [3.63, 3.8) is 0 Å². The second kappa shape index (κ2) is 4.57. The molecule has 14 heavy (non-hydrogen) atoms. The lowest BCUT2D eigenvalue weighted by Gasteiger charge is -2.39. The number of hydrogen-bond acceptors (Lipinski definition) is 4. The van der Waals surface area contributed by atoms with E-state index in [1.807, 2.05) is 0 Å². The van der Waals surface area contributed by atoms with E-state index < -0.39 is 0 Å². The van der Waals surface area contributed by atoms with Crippen LogP contribution in [0.2, 0.25) is 0 Å². The van der Waals surface area contributed by atoms with Gasteiger partial charge in [-0.2, -0.15) is 0 Å². The molecule has 0 aliphatic carbocycles. The molecule has 1 N–H and O–H groups in total. The first kappa shape index (κ1) is 10.4. The third kappa shape index (κ3) is 2.67. The molecule has 0 saturated carbocycles. The Morgan fingerprint density at radius 3 is 2.71 bits per heavy atom. The average molecular weight is 200 g/mol. The third-order valence-electron chi connectivity index (χ3n) is 2.85. The monoisotopic (exact) mass is 200 g/mol. The molecular weight excluding hydrogens is 180 g/mol. The Morgan fingerprint density at radius 2 is 2.07 bits per heavy atom. The molecule has 0 radical (unpaired) electrons. The van der Waals surface area contributed by atoms with Gasteiger partial charge in [0.15, 0.2) is 0 Å². The van der Waals surface area contributed by atoms with Gasteiger partial charge in [0.25, 0.3) is 0 Å². The minimum absolute atomic E-state index is 0.0877. The highest BCUT2D eigenvalue weighted by molar-refractivity contribution is 4.83. The van der Waals surface area contributed by atoms with Gasteiger partial charge < -0.3 is 14.8 Å². The summed E-state index contributed by atoms with van der Waals surface area (Å²) in [5.74, 6) is 0. The first-order valence-electron chi connectivity index (χ1n) is 5.43. The smallest absolute Gasteiger partial charge is 0.101 e. The van der Waals surface area contributed by atoms with Gasteiger partial charge in [-0.3, -0.25) is 4.90 Å². The Kier molecular flexibility index (Phi) is 3.38. The van der Waals surface area contributed by atoms with Crippen LogP contribution in [0.25, 0.3) is 0 Å². The minimum Gasteiger partial charge on any atom is -0.376 e. The first-order valence-corrected chi connectivity index (χ1v) is 5.43. The van der Waals surface area contributed by atoms with Crippen LogP contribution < -0.4 is 5.32 Å². The lowest BCUT2D eigenvalue weighted by atomic mass is 10.1. The molecule has 1 unspecified atom stereocenters. The van der Waals surface area contributed by atoms with E-state index in [1.54, 1.807) is 0 Å². The molecule has 0 aromatic heterocycles. The Bertz CT molecular complexity index is 175. The van der Waals surface area contributed by atoms with Crippen LogP contribution in [0.3, 0.4) is 0 Å². The number of nitrogens with zero attached hydrogens (tertiary/aromatic N) is 1. The van der Waals surface area contributed by atoms with Crippen molar-refractivity contribution in [1.82, 2.24) is 10.2 Å². The van der Waals surface area contributed by atoms with E-state index in [4.69, 9.17) is 9.47 Å². The van der Waals surface area contributed by atoms with Crippen molar-refractivity contribution in [3.8, 4) is 0 Å². The summed E-state index contributed by atoms with van der Waals surface area (Å²) in [6.45, 7) is 9.80. The van der Waals surface area contributed by atoms with Gasteiger partial charge in [-0.25, -0.2) is 0 Å². The molecular formula is C10H20N2O2. The largest absolute Gasteiger partial charge is 0.376 e. The van der Waals surface area contributed by atoms with Crippen LogP contribution in [0, 0.1) is 0 Å². The van der Waals surface area contributed by atoms with Gasteiger partial charge in [0, 0.05) is 32.7 Å². The molecule has 2 aliphatic rings. The van der Waals surface area contributed by atoms with Crippen molar-refractivity contribution in [2.75, 3.05) is 52.5 Å². The summed E-state index contributed by atoms with van der Waals surface area (Å²) < 4.78 is 11.2. The van der Waals surface area contributed by atoms with E-state index in [2.05, 4.69) is 17.1 Å². The summed E-state index contributed by atoms with van der Waals surface area (Å²) in [5.41, 5.74) is -0.0877. The predicted molar refractivity (Wildman–Crippen MR) is 54.5 cm³/mol. The van der Waals surface area contributed by atoms with E-state index >= 15 is 0 Å². The van der Waals surface area contributed by atoms with Crippen LogP contribution in [0.15, 0.2) is 0 Å². The fourth-order valence-electron chi connectivity index (χ4n) is 2.11. The second-order valence-electron chi connectivity index (χ2n) is 4.38. The number of piperazine rings is 1. The van der Waals surface area contributed by atoms with E-state index in [-0.39, 0.29) is 5.60 Å². The van der Waals surface area contributed by atoms with Crippen molar-refractivity contribution in [3.05, 3.63) is 0 Å². The zero-order chi connectivity index (χ0) is 9.86. The molecule has 4 heteroatoms. The van der Waals surface area contributed by atoms with Crippen LogP contribution in [0.1, 0.15) is 6.92 Å². The molecule has 1 atom stereocenters. The van der Waals surface area contributed by atoms with Crippen molar-refractivity contribution in [2.45, 2.75) is 12.5 Å². The molecule has 0 aromatic carbocycles. The quantitative estimate of drug-likeness (QED) is 0.663. The lowest BCUT2D eigenvalue weighted by Crippen LogP contribution is -2.53. The summed E-state index contributed by atoms with van der Waals surface area (Å²) >= 11 is 0. The summed E-state index contributed by atoms with van der Waals surface area (Å²) in [5, 5.41) is 3.35. The first-order chi connectivity index (χ1) is 6.79. The van der Waals surface area contributed by atoms with Crippen LogP contribution in [-0.4, -0.2) is 63.0 Å². The molecule has 2 saturated heterocycles. The maximum Gasteiger partial charge on any atom is 0.101 e. The maximum atomic E-state index is 5.78. The lowest BCUT2D eigenvalue weighted by molar-refractivity contribution is -0.157. The predicted octanol–water partition coefficient (Wildman–Crippen LogP) is -0.303.